The molecule has 1 aromatic heterocycles. The van der Waals surface area contributed by atoms with Crippen LogP contribution in [0.15, 0.2) is 54.6 Å². The van der Waals surface area contributed by atoms with Crippen LogP contribution < -0.4 is 0 Å². The van der Waals surface area contributed by atoms with E-state index in [-0.39, 0.29) is 17.0 Å². The number of para-hydroxylation sites is 1. The van der Waals surface area contributed by atoms with Crippen LogP contribution in [0.5, 0.6) is 0 Å². The fraction of sp³-hybridized carbons (Fsp3) is 0.118. The van der Waals surface area contributed by atoms with Crippen molar-refractivity contribution in [1.29, 1.82) is 0 Å². The molecule has 0 amide bonds. The maximum atomic E-state index is 13.9. The normalized spacial score (nSPS) is 12.5. The Morgan fingerprint density at radius 3 is 2.71 bits per heavy atom. The van der Waals surface area contributed by atoms with Crippen molar-refractivity contribution in [2.24, 2.45) is 0 Å². The van der Waals surface area contributed by atoms with E-state index in [2.05, 4.69) is 4.98 Å². The summed E-state index contributed by atoms with van der Waals surface area (Å²) in [6.07, 6.45) is -0.736. The SMILES string of the molecule is OC(Cc1ccc2ccccc2n1)c1cccc(Cl)c1F. The van der Waals surface area contributed by atoms with Gasteiger partial charge in [-0.25, -0.2) is 4.39 Å². The summed E-state index contributed by atoms with van der Waals surface area (Å²) in [5, 5.41) is 11.3. The maximum Gasteiger partial charge on any atom is 0.147 e. The molecule has 0 saturated carbocycles. The van der Waals surface area contributed by atoms with Crippen LogP contribution in [0.4, 0.5) is 4.39 Å². The number of nitrogens with zero attached hydrogens (tertiary/aromatic N) is 1. The van der Waals surface area contributed by atoms with Crippen molar-refractivity contribution in [3.8, 4) is 0 Å². The molecule has 1 N–H and O–H groups in total. The van der Waals surface area contributed by atoms with Gasteiger partial charge >= 0.3 is 0 Å². The van der Waals surface area contributed by atoms with Crippen LogP contribution in [0.25, 0.3) is 10.9 Å². The largest absolute Gasteiger partial charge is 0.388 e. The van der Waals surface area contributed by atoms with Crippen LogP contribution in [-0.4, -0.2) is 10.1 Å². The van der Waals surface area contributed by atoms with Crippen molar-refractivity contribution in [2.45, 2.75) is 12.5 Å². The van der Waals surface area contributed by atoms with E-state index in [9.17, 15) is 9.50 Å². The predicted molar refractivity (Wildman–Crippen MR) is 81.8 cm³/mol. The van der Waals surface area contributed by atoms with Gasteiger partial charge in [0.05, 0.1) is 16.6 Å². The maximum absolute atomic E-state index is 13.9. The van der Waals surface area contributed by atoms with Gasteiger partial charge in [0.25, 0.3) is 0 Å². The average Bonchev–Trinajstić information content (AvgIpc) is 2.50. The highest BCUT2D eigenvalue weighted by atomic mass is 35.5. The van der Waals surface area contributed by atoms with E-state index in [4.69, 9.17) is 11.6 Å². The molecule has 0 aliphatic heterocycles. The zero-order valence-corrected chi connectivity index (χ0v) is 11.9. The van der Waals surface area contributed by atoms with Gasteiger partial charge in [-0.05, 0) is 18.2 Å². The van der Waals surface area contributed by atoms with Crippen LogP contribution in [0.2, 0.25) is 5.02 Å². The van der Waals surface area contributed by atoms with Gasteiger partial charge in [-0.15, -0.1) is 0 Å². The van der Waals surface area contributed by atoms with Crippen molar-refractivity contribution >= 4 is 22.5 Å². The molecule has 2 aromatic carbocycles. The second kappa shape index (κ2) is 5.80. The molecule has 3 rings (SSSR count). The highest BCUT2D eigenvalue weighted by molar-refractivity contribution is 6.30. The van der Waals surface area contributed by atoms with E-state index in [1.807, 2.05) is 36.4 Å². The van der Waals surface area contributed by atoms with Gasteiger partial charge in [-0.3, -0.25) is 4.98 Å². The fourth-order valence-electron chi connectivity index (χ4n) is 2.31. The van der Waals surface area contributed by atoms with Crippen LogP contribution >= 0.6 is 11.6 Å². The zero-order chi connectivity index (χ0) is 14.8. The van der Waals surface area contributed by atoms with Gasteiger partial charge in [0.15, 0.2) is 0 Å². The minimum absolute atomic E-state index is 0.0121. The van der Waals surface area contributed by atoms with Gasteiger partial charge in [0, 0.05) is 23.1 Å². The molecular formula is C17H13ClFNO. The van der Waals surface area contributed by atoms with Gasteiger partial charge in [0.2, 0.25) is 0 Å². The number of fused-ring (bicyclic) bond motifs is 1. The topological polar surface area (TPSA) is 33.1 Å². The monoisotopic (exact) mass is 301 g/mol. The molecule has 0 spiro atoms. The number of pyridine rings is 1. The van der Waals surface area contributed by atoms with E-state index in [0.717, 1.165) is 10.9 Å². The first kappa shape index (κ1) is 14.0. The van der Waals surface area contributed by atoms with E-state index >= 15 is 0 Å². The van der Waals surface area contributed by atoms with Gasteiger partial charge < -0.3 is 5.11 Å². The summed E-state index contributed by atoms with van der Waals surface area (Å²) in [5.74, 6) is -0.576. The number of halogens is 2. The Kier molecular flexibility index (Phi) is 3.86. The first-order chi connectivity index (χ1) is 10.1. The summed E-state index contributed by atoms with van der Waals surface area (Å²) in [5.41, 5.74) is 1.76. The van der Waals surface area contributed by atoms with E-state index in [0.29, 0.717) is 5.69 Å². The molecule has 0 radical (unpaired) electrons. The lowest BCUT2D eigenvalue weighted by atomic mass is 10.0. The minimum Gasteiger partial charge on any atom is -0.388 e. The van der Waals surface area contributed by atoms with E-state index < -0.39 is 11.9 Å². The summed E-state index contributed by atoms with van der Waals surface area (Å²) >= 11 is 5.74. The highest BCUT2D eigenvalue weighted by Gasteiger charge is 2.16. The number of aliphatic hydroxyl groups is 1. The Balaban J connectivity index is 1.89. The number of hydrogen-bond acceptors (Lipinski definition) is 2. The molecular weight excluding hydrogens is 289 g/mol. The summed E-state index contributed by atoms with van der Waals surface area (Å²) in [7, 11) is 0. The second-order valence-corrected chi connectivity index (χ2v) is 5.27. The molecule has 0 saturated heterocycles. The van der Waals surface area contributed by atoms with Gasteiger partial charge in [0.1, 0.15) is 5.82 Å². The molecule has 0 aliphatic carbocycles. The van der Waals surface area contributed by atoms with E-state index in [1.165, 1.54) is 12.1 Å². The van der Waals surface area contributed by atoms with Crippen LogP contribution in [0, 0.1) is 5.82 Å². The molecule has 4 heteroatoms. The molecule has 106 valence electrons. The van der Waals surface area contributed by atoms with Crippen molar-refractivity contribution in [2.75, 3.05) is 0 Å². The van der Waals surface area contributed by atoms with Crippen molar-refractivity contribution in [1.82, 2.24) is 4.98 Å². The molecule has 3 aromatic rings. The summed E-state index contributed by atoms with van der Waals surface area (Å²) in [4.78, 5) is 4.48. The molecule has 0 bridgehead atoms. The Morgan fingerprint density at radius 2 is 1.86 bits per heavy atom. The number of rotatable bonds is 3. The molecule has 2 nitrogen and oxygen atoms in total. The first-order valence-corrected chi connectivity index (χ1v) is 6.99. The Hall–Kier alpha value is -1.97. The van der Waals surface area contributed by atoms with E-state index in [1.54, 1.807) is 6.07 Å². The Labute approximate surface area is 126 Å². The Bertz CT molecular complexity index is 791. The Morgan fingerprint density at radius 1 is 1.05 bits per heavy atom. The van der Waals surface area contributed by atoms with Crippen LogP contribution in [-0.2, 0) is 6.42 Å². The summed E-state index contributed by atoms with van der Waals surface area (Å²) in [6.45, 7) is 0. The third-order valence-electron chi connectivity index (χ3n) is 3.40. The minimum atomic E-state index is -0.975. The van der Waals surface area contributed by atoms with Crippen LogP contribution in [0.3, 0.4) is 0 Å². The quantitative estimate of drug-likeness (QED) is 0.782. The highest BCUT2D eigenvalue weighted by Crippen LogP contribution is 2.25. The van der Waals surface area contributed by atoms with Crippen molar-refractivity contribution < 1.29 is 9.50 Å². The lowest BCUT2D eigenvalue weighted by molar-refractivity contribution is 0.172. The second-order valence-electron chi connectivity index (χ2n) is 4.86. The molecule has 1 heterocycles. The number of benzene rings is 2. The third-order valence-corrected chi connectivity index (χ3v) is 3.69. The molecule has 0 aliphatic rings. The lowest BCUT2D eigenvalue weighted by Crippen LogP contribution is -2.06. The van der Waals surface area contributed by atoms with Crippen molar-refractivity contribution in [3.63, 3.8) is 0 Å². The average molecular weight is 302 g/mol. The van der Waals surface area contributed by atoms with Crippen molar-refractivity contribution in [3.05, 3.63) is 76.7 Å². The summed E-state index contributed by atoms with van der Waals surface area (Å²) < 4.78 is 13.9. The van der Waals surface area contributed by atoms with Crippen LogP contribution in [0.1, 0.15) is 17.4 Å². The summed E-state index contributed by atoms with van der Waals surface area (Å²) in [6, 6.07) is 16.1. The molecule has 0 fully saturated rings. The third kappa shape index (κ3) is 2.89. The first-order valence-electron chi connectivity index (χ1n) is 6.62. The zero-order valence-electron chi connectivity index (χ0n) is 11.1. The number of hydrogen-bond donors (Lipinski definition) is 1. The standard InChI is InChI=1S/C17H13ClFNO/c18-14-6-3-5-13(17(14)19)16(21)10-12-9-8-11-4-1-2-7-15(11)20-12/h1-9,16,21H,10H2. The van der Waals surface area contributed by atoms with Gasteiger partial charge in [-0.1, -0.05) is 48.0 Å². The smallest absolute Gasteiger partial charge is 0.147 e. The molecule has 1 atom stereocenters. The molecule has 1 unspecified atom stereocenters. The lowest BCUT2D eigenvalue weighted by Gasteiger charge is -2.12. The number of aromatic nitrogens is 1. The van der Waals surface area contributed by atoms with Gasteiger partial charge in [-0.2, -0.15) is 0 Å². The predicted octanol–water partition coefficient (Wildman–Crippen LogP) is 4.30. The molecule has 21 heavy (non-hydrogen) atoms. The number of aliphatic hydroxyl groups excluding tert-OH is 1. The fourth-order valence-corrected chi connectivity index (χ4v) is 2.49.